The Labute approximate surface area is 160 Å². The molecule has 0 saturated carbocycles. The van der Waals surface area contributed by atoms with E-state index in [0.29, 0.717) is 6.04 Å². The van der Waals surface area contributed by atoms with E-state index in [9.17, 15) is 5.11 Å². The largest absolute Gasteiger partial charge is 0.496 e. The number of nitrogens with zero attached hydrogens (tertiary/aromatic N) is 3. The van der Waals surface area contributed by atoms with E-state index >= 15 is 0 Å². The number of hydrogen-bond donors (Lipinski definition) is 1. The zero-order chi connectivity index (χ0) is 18.5. The number of aliphatic hydroxyl groups excluding tert-OH is 1. The molecule has 0 unspecified atom stereocenters. The average molecular weight is 376 g/mol. The quantitative estimate of drug-likeness (QED) is 0.806. The molecular weight excluding hydrogens is 346 g/mol. The monoisotopic (exact) mass is 375 g/mol. The number of aliphatic hydroxyl groups is 1. The maximum absolute atomic E-state index is 9.52. The van der Waals surface area contributed by atoms with E-state index in [-0.39, 0.29) is 6.61 Å². The Morgan fingerprint density at radius 2 is 2.12 bits per heavy atom. The number of benzene rings is 1. The first-order chi connectivity index (χ1) is 12.6. The standard InChI is InChI=1S/C20H29N3O2S/c1-15-10-17(4-5-20(15)25-3)12-23-8-7-22(13-18(23)6-9-24)14-19-11-21-16(2)26-19/h4-5,10-11,18,24H,6-9,12-14H2,1-3H3/t18-/m0/s1. The van der Waals surface area contributed by atoms with Crippen LogP contribution < -0.4 is 4.74 Å². The molecule has 3 rings (SSSR count). The molecule has 1 aromatic heterocycles. The molecule has 5 nitrogen and oxygen atoms in total. The van der Waals surface area contributed by atoms with Gasteiger partial charge in [-0.05, 0) is 37.5 Å². The van der Waals surface area contributed by atoms with Crippen molar-refractivity contribution >= 4 is 11.3 Å². The SMILES string of the molecule is COc1ccc(CN2CCN(Cc3cnc(C)s3)C[C@@H]2CCO)cc1C. The Kier molecular flexibility index (Phi) is 6.64. The molecular formula is C20H29N3O2S. The highest BCUT2D eigenvalue weighted by molar-refractivity contribution is 7.11. The van der Waals surface area contributed by atoms with Crippen LogP contribution in [0.5, 0.6) is 5.75 Å². The van der Waals surface area contributed by atoms with Crippen molar-refractivity contribution in [3.05, 3.63) is 45.4 Å². The van der Waals surface area contributed by atoms with Crippen LogP contribution in [0.3, 0.4) is 0 Å². The topological polar surface area (TPSA) is 48.8 Å². The highest BCUT2D eigenvalue weighted by atomic mass is 32.1. The second-order valence-corrected chi connectivity index (χ2v) is 8.34. The summed E-state index contributed by atoms with van der Waals surface area (Å²) in [5.41, 5.74) is 2.47. The Morgan fingerprint density at radius 1 is 1.27 bits per heavy atom. The molecule has 0 bridgehead atoms. The van der Waals surface area contributed by atoms with Crippen LogP contribution in [0.4, 0.5) is 0 Å². The molecule has 1 fully saturated rings. The van der Waals surface area contributed by atoms with Gasteiger partial charge in [-0.25, -0.2) is 4.98 Å². The maximum atomic E-state index is 9.52. The highest BCUT2D eigenvalue weighted by Crippen LogP contribution is 2.23. The summed E-state index contributed by atoms with van der Waals surface area (Å²) in [7, 11) is 1.71. The van der Waals surface area contributed by atoms with Gasteiger partial charge in [0.1, 0.15) is 5.75 Å². The smallest absolute Gasteiger partial charge is 0.121 e. The van der Waals surface area contributed by atoms with Crippen molar-refractivity contribution in [3.63, 3.8) is 0 Å². The minimum atomic E-state index is 0.232. The van der Waals surface area contributed by atoms with Crippen molar-refractivity contribution in [1.29, 1.82) is 0 Å². The van der Waals surface area contributed by atoms with E-state index in [1.165, 1.54) is 16.0 Å². The number of methoxy groups -OCH3 is 1. The number of thiazole rings is 1. The van der Waals surface area contributed by atoms with Crippen molar-refractivity contribution in [3.8, 4) is 5.75 Å². The van der Waals surface area contributed by atoms with E-state index < -0.39 is 0 Å². The molecule has 2 aromatic rings. The zero-order valence-corrected chi connectivity index (χ0v) is 16.8. The lowest BCUT2D eigenvalue weighted by Gasteiger charge is -2.41. The first-order valence-electron chi connectivity index (χ1n) is 9.21. The Bertz CT molecular complexity index is 719. The van der Waals surface area contributed by atoms with Crippen LogP contribution in [0.1, 0.15) is 27.4 Å². The van der Waals surface area contributed by atoms with Gasteiger partial charge in [-0.2, -0.15) is 0 Å². The first kappa shape index (κ1) is 19.3. The summed E-state index contributed by atoms with van der Waals surface area (Å²) in [5.74, 6) is 0.935. The first-order valence-corrected chi connectivity index (χ1v) is 10.0. The van der Waals surface area contributed by atoms with Crippen LogP contribution in [-0.4, -0.2) is 59.3 Å². The molecule has 1 aromatic carbocycles. The fourth-order valence-corrected chi connectivity index (χ4v) is 4.54. The van der Waals surface area contributed by atoms with Gasteiger partial charge in [-0.1, -0.05) is 12.1 Å². The summed E-state index contributed by atoms with van der Waals surface area (Å²) in [6, 6.07) is 6.79. The highest BCUT2D eigenvalue weighted by Gasteiger charge is 2.27. The number of rotatable bonds is 7. The average Bonchev–Trinajstić information content (AvgIpc) is 3.02. The van der Waals surface area contributed by atoms with Gasteiger partial charge >= 0.3 is 0 Å². The Morgan fingerprint density at radius 3 is 2.77 bits per heavy atom. The van der Waals surface area contributed by atoms with Gasteiger partial charge in [-0.3, -0.25) is 9.80 Å². The molecule has 26 heavy (non-hydrogen) atoms. The molecule has 0 radical (unpaired) electrons. The minimum absolute atomic E-state index is 0.232. The second-order valence-electron chi connectivity index (χ2n) is 7.02. The molecule has 0 spiro atoms. The summed E-state index contributed by atoms with van der Waals surface area (Å²) < 4.78 is 5.36. The number of piperazine rings is 1. The van der Waals surface area contributed by atoms with Crippen molar-refractivity contribution in [2.75, 3.05) is 33.4 Å². The van der Waals surface area contributed by atoms with Gasteiger partial charge < -0.3 is 9.84 Å². The van der Waals surface area contributed by atoms with E-state index in [1.54, 1.807) is 18.4 Å². The lowest BCUT2D eigenvalue weighted by atomic mass is 10.1. The van der Waals surface area contributed by atoms with Gasteiger partial charge in [-0.15, -0.1) is 11.3 Å². The summed E-state index contributed by atoms with van der Waals surface area (Å²) in [5, 5.41) is 10.6. The molecule has 0 amide bonds. The Hall–Kier alpha value is -1.47. The van der Waals surface area contributed by atoms with E-state index in [1.807, 2.05) is 12.3 Å². The van der Waals surface area contributed by atoms with Crippen LogP contribution >= 0.6 is 11.3 Å². The van der Waals surface area contributed by atoms with Gasteiger partial charge in [0.25, 0.3) is 0 Å². The predicted octanol–water partition coefficient (Wildman–Crippen LogP) is 2.84. The van der Waals surface area contributed by atoms with Gasteiger partial charge in [0.05, 0.1) is 12.1 Å². The van der Waals surface area contributed by atoms with Crippen molar-refractivity contribution in [1.82, 2.24) is 14.8 Å². The molecule has 0 aliphatic carbocycles. The third kappa shape index (κ3) is 4.82. The predicted molar refractivity (Wildman–Crippen MR) is 106 cm³/mol. The zero-order valence-electron chi connectivity index (χ0n) is 15.9. The summed E-state index contributed by atoms with van der Waals surface area (Å²) >= 11 is 1.78. The molecule has 1 aliphatic heterocycles. The van der Waals surface area contributed by atoms with Gasteiger partial charge in [0.15, 0.2) is 0 Å². The normalized spacial score (nSPS) is 19.0. The van der Waals surface area contributed by atoms with E-state index in [0.717, 1.165) is 49.9 Å². The summed E-state index contributed by atoms with van der Waals surface area (Å²) in [6.45, 7) is 9.32. The number of aromatic nitrogens is 1. The second kappa shape index (κ2) is 8.95. The fraction of sp³-hybridized carbons (Fsp3) is 0.550. The summed E-state index contributed by atoms with van der Waals surface area (Å²) in [4.78, 5) is 10.7. The van der Waals surface area contributed by atoms with Crippen molar-refractivity contribution in [2.24, 2.45) is 0 Å². The molecule has 1 aliphatic rings. The fourth-order valence-electron chi connectivity index (χ4n) is 3.70. The molecule has 1 atom stereocenters. The van der Waals surface area contributed by atoms with E-state index in [4.69, 9.17) is 4.74 Å². The molecule has 1 saturated heterocycles. The van der Waals surface area contributed by atoms with Crippen LogP contribution in [0.2, 0.25) is 0 Å². The third-order valence-electron chi connectivity index (χ3n) is 5.04. The van der Waals surface area contributed by atoms with E-state index in [2.05, 4.69) is 40.8 Å². The minimum Gasteiger partial charge on any atom is -0.496 e. The lowest BCUT2D eigenvalue weighted by molar-refractivity contribution is 0.0504. The maximum Gasteiger partial charge on any atom is 0.121 e. The lowest BCUT2D eigenvalue weighted by Crippen LogP contribution is -2.52. The third-order valence-corrected chi connectivity index (χ3v) is 5.94. The van der Waals surface area contributed by atoms with Crippen molar-refractivity contribution in [2.45, 2.75) is 39.4 Å². The Balaban J connectivity index is 1.63. The molecule has 6 heteroatoms. The van der Waals surface area contributed by atoms with Crippen LogP contribution in [0.15, 0.2) is 24.4 Å². The van der Waals surface area contributed by atoms with Gasteiger partial charge in [0, 0.05) is 56.4 Å². The molecule has 2 heterocycles. The van der Waals surface area contributed by atoms with Crippen LogP contribution in [0, 0.1) is 13.8 Å². The number of aryl methyl sites for hydroxylation is 2. The number of ether oxygens (including phenoxy) is 1. The van der Waals surface area contributed by atoms with Crippen LogP contribution in [0.25, 0.3) is 0 Å². The van der Waals surface area contributed by atoms with Gasteiger partial charge in [0.2, 0.25) is 0 Å². The summed E-state index contributed by atoms with van der Waals surface area (Å²) in [6.07, 6.45) is 2.81. The number of hydrogen-bond acceptors (Lipinski definition) is 6. The van der Waals surface area contributed by atoms with Crippen LogP contribution in [-0.2, 0) is 13.1 Å². The molecule has 1 N–H and O–H groups in total. The van der Waals surface area contributed by atoms with Crippen molar-refractivity contribution < 1.29 is 9.84 Å². The molecule has 142 valence electrons.